The number of hydrogen-bond acceptors (Lipinski definition) is 8. The van der Waals surface area contributed by atoms with Crippen molar-refractivity contribution >= 4 is 59.4 Å². The van der Waals surface area contributed by atoms with Gasteiger partial charge in [0, 0.05) is 77.1 Å². The highest BCUT2D eigenvalue weighted by atomic mass is 16.4. The number of aromatic nitrogens is 4. The first-order chi connectivity index (χ1) is 23.3. The number of carbonyl (C=O) groups excluding carboxylic acids is 1. The number of aryl methyl sites for hydroxylation is 2. The largest absolute Gasteiger partial charge is 0.478 e. The highest BCUT2D eigenvalue weighted by molar-refractivity contribution is 6.04. The van der Waals surface area contributed by atoms with Gasteiger partial charge in [-0.25, -0.2) is 14.8 Å². The van der Waals surface area contributed by atoms with E-state index in [0.29, 0.717) is 17.8 Å². The number of ketones is 1. The number of nitrogens with two attached hydrogens (primary N) is 1. The lowest BCUT2D eigenvalue weighted by molar-refractivity contribution is 0.0696. The number of nitrogen functional groups attached to an aromatic ring is 1. The van der Waals surface area contributed by atoms with Crippen molar-refractivity contribution < 1.29 is 14.7 Å². The summed E-state index contributed by atoms with van der Waals surface area (Å²) in [7, 11) is 0. The number of aromatic carboxylic acids is 1. The van der Waals surface area contributed by atoms with Crippen molar-refractivity contribution in [2.45, 2.75) is 73.3 Å². The van der Waals surface area contributed by atoms with Gasteiger partial charge in [0.05, 0.1) is 11.1 Å². The number of carboxylic acid groups (broad SMARTS) is 1. The average molecular weight is 663 g/mol. The van der Waals surface area contributed by atoms with E-state index < -0.39 is 5.97 Å². The van der Waals surface area contributed by atoms with Crippen molar-refractivity contribution in [3.63, 3.8) is 0 Å². The maximum Gasteiger partial charge on any atom is 0.335 e. The van der Waals surface area contributed by atoms with Crippen LogP contribution < -0.4 is 15.5 Å². The van der Waals surface area contributed by atoms with Crippen LogP contribution in [-0.4, -0.2) is 71.0 Å². The highest BCUT2D eigenvalue weighted by Gasteiger charge is 2.17. The Hall–Kier alpha value is -4.93. The van der Waals surface area contributed by atoms with Crippen LogP contribution in [0.4, 0.5) is 17.2 Å². The number of rotatable bonds is 15. The van der Waals surface area contributed by atoms with Gasteiger partial charge in [0.25, 0.3) is 0 Å². The van der Waals surface area contributed by atoms with Gasteiger partial charge in [-0.15, -0.1) is 0 Å². The number of anilines is 3. The first kappa shape index (κ1) is 38.5. The molecule has 3 N–H and O–H groups in total. The highest BCUT2D eigenvalue weighted by Crippen LogP contribution is 2.28. The van der Waals surface area contributed by atoms with Crippen molar-refractivity contribution in [3.8, 4) is 0 Å². The molecule has 0 fully saturated rings. The van der Waals surface area contributed by atoms with Crippen LogP contribution in [0.1, 0.15) is 86.8 Å². The van der Waals surface area contributed by atoms with Crippen LogP contribution in [0.5, 0.6) is 0 Å². The van der Waals surface area contributed by atoms with Gasteiger partial charge in [0.1, 0.15) is 22.4 Å². The summed E-state index contributed by atoms with van der Waals surface area (Å²) in [5.41, 5.74) is 12.9. The molecule has 0 saturated heterocycles. The van der Waals surface area contributed by atoms with Crippen LogP contribution in [0.3, 0.4) is 0 Å². The number of benzene rings is 2. The minimum absolute atomic E-state index is 0. The minimum Gasteiger partial charge on any atom is -0.478 e. The van der Waals surface area contributed by atoms with E-state index in [-0.39, 0.29) is 14.2 Å². The van der Waals surface area contributed by atoms with Gasteiger partial charge in [-0.05, 0) is 101 Å². The van der Waals surface area contributed by atoms with E-state index >= 15 is 0 Å². The van der Waals surface area contributed by atoms with Crippen LogP contribution in [0, 0.1) is 0 Å². The number of imidazole rings is 1. The van der Waals surface area contributed by atoms with E-state index in [1.807, 2.05) is 36.4 Å². The Labute approximate surface area is 291 Å². The summed E-state index contributed by atoms with van der Waals surface area (Å²) in [5.74, 6) is 0.770. The first-order valence-electron chi connectivity index (χ1n) is 17.1. The summed E-state index contributed by atoms with van der Waals surface area (Å²) in [5, 5.41) is 8.72. The maximum atomic E-state index is 12.7. The van der Waals surface area contributed by atoms with Crippen molar-refractivity contribution in [3.05, 3.63) is 83.8 Å². The molecule has 0 unspecified atom stereocenters. The topological polar surface area (TPSA) is 130 Å². The third-order valence-corrected chi connectivity index (χ3v) is 8.70. The van der Waals surface area contributed by atoms with Gasteiger partial charge in [-0.1, -0.05) is 13.3 Å². The SMILES string of the molecule is CCN(CC)c1ccc(C(=O)O)cc1.CCc1nc2c(N)nc3cccnc3c2n1CCCCCC(=O)c1ccc(N(CC)CC)cc1.[B]. The van der Waals surface area contributed by atoms with Crippen molar-refractivity contribution in [2.75, 3.05) is 41.7 Å². The normalized spacial score (nSPS) is 10.7. The van der Waals surface area contributed by atoms with Crippen molar-refractivity contribution in [1.29, 1.82) is 0 Å². The second kappa shape index (κ2) is 18.6. The molecule has 0 aliphatic heterocycles. The maximum absolute atomic E-state index is 12.7. The molecule has 257 valence electrons. The Morgan fingerprint density at radius 3 is 1.86 bits per heavy atom. The van der Waals surface area contributed by atoms with Crippen LogP contribution in [0.25, 0.3) is 22.1 Å². The number of hydrogen-bond donors (Lipinski definition) is 2. The number of carbonyl (C=O) groups is 2. The smallest absolute Gasteiger partial charge is 0.335 e. The second-order valence-electron chi connectivity index (χ2n) is 11.6. The molecule has 5 rings (SSSR count). The molecule has 3 aromatic heterocycles. The molecule has 0 amide bonds. The lowest BCUT2D eigenvalue weighted by Gasteiger charge is -2.21. The zero-order chi connectivity index (χ0) is 34.6. The summed E-state index contributed by atoms with van der Waals surface area (Å²) in [4.78, 5) is 41.5. The minimum atomic E-state index is -0.879. The molecule has 0 atom stereocenters. The Morgan fingerprint density at radius 1 is 0.755 bits per heavy atom. The van der Waals surface area contributed by atoms with E-state index in [1.54, 1.807) is 18.3 Å². The number of unbranched alkanes of at least 4 members (excludes halogenated alkanes) is 2. The molecule has 49 heavy (non-hydrogen) atoms. The van der Waals surface area contributed by atoms with E-state index in [0.717, 1.165) is 97.5 Å². The molecule has 2 aromatic carbocycles. The van der Waals surface area contributed by atoms with Gasteiger partial charge >= 0.3 is 5.97 Å². The third-order valence-electron chi connectivity index (χ3n) is 8.70. The zero-order valence-electron chi connectivity index (χ0n) is 29.5. The lowest BCUT2D eigenvalue weighted by atomic mass is 10.0. The summed E-state index contributed by atoms with van der Waals surface area (Å²) >= 11 is 0. The molecular formula is C38H49BN7O3. The fraction of sp³-hybridized carbons (Fsp3) is 0.395. The molecule has 0 aliphatic rings. The van der Waals surface area contributed by atoms with Gasteiger partial charge in [-0.3, -0.25) is 9.78 Å². The molecule has 3 heterocycles. The molecule has 5 aromatic rings. The summed E-state index contributed by atoms with van der Waals surface area (Å²) < 4.78 is 2.23. The van der Waals surface area contributed by atoms with Gasteiger partial charge < -0.3 is 25.2 Å². The number of nitrogens with zero attached hydrogens (tertiary/aromatic N) is 6. The number of fused-ring (bicyclic) bond motifs is 3. The molecule has 0 saturated carbocycles. The molecule has 0 aliphatic carbocycles. The molecule has 10 nitrogen and oxygen atoms in total. The van der Waals surface area contributed by atoms with Crippen LogP contribution >= 0.6 is 0 Å². The van der Waals surface area contributed by atoms with Gasteiger partial charge in [0.2, 0.25) is 0 Å². The number of pyridine rings is 2. The monoisotopic (exact) mass is 662 g/mol. The molecule has 11 heteroatoms. The Balaban J connectivity index is 0.000000365. The van der Waals surface area contributed by atoms with Crippen LogP contribution in [-0.2, 0) is 13.0 Å². The lowest BCUT2D eigenvalue weighted by Crippen LogP contribution is -2.21. The molecule has 0 bridgehead atoms. The summed E-state index contributed by atoms with van der Waals surface area (Å²) in [6, 6.07) is 18.8. The Bertz CT molecular complexity index is 1800. The van der Waals surface area contributed by atoms with Gasteiger partial charge in [0.15, 0.2) is 11.6 Å². The zero-order valence-corrected chi connectivity index (χ0v) is 29.5. The first-order valence-corrected chi connectivity index (χ1v) is 17.1. The van der Waals surface area contributed by atoms with Gasteiger partial charge in [-0.2, -0.15) is 0 Å². The fourth-order valence-electron chi connectivity index (χ4n) is 6.01. The molecule has 0 spiro atoms. The molecular weight excluding hydrogens is 613 g/mol. The van der Waals surface area contributed by atoms with Crippen molar-refractivity contribution in [2.24, 2.45) is 0 Å². The van der Waals surface area contributed by atoms with Crippen LogP contribution in [0.2, 0.25) is 0 Å². The number of carboxylic acids is 1. The Morgan fingerprint density at radius 2 is 1.33 bits per heavy atom. The summed E-state index contributed by atoms with van der Waals surface area (Å²) in [6.45, 7) is 15.2. The second-order valence-corrected chi connectivity index (χ2v) is 11.6. The van der Waals surface area contributed by atoms with E-state index in [2.05, 4.69) is 71.1 Å². The third kappa shape index (κ3) is 9.37. The molecule has 3 radical (unpaired) electrons. The average Bonchev–Trinajstić information content (AvgIpc) is 3.49. The predicted octanol–water partition coefficient (Wildman–Crippen LogP) is 7.26. The predicted molar refractivity (Wildman–Crippen MR) is 202 cm³/mol. The van der Waals surface area contributed by atoms with Crippen LogP contribution in [0.15, 0.2) is 66.9 Å². The Kier molecular flexibility index (Phi) is 14.6. The summed E-state index contributed by atoms with van der Waals surface area (Å²) in [6.07, 6.45) is 5.96. The van der Waals surface area contributed by atoms with E-state index in [1.165, 1.54) is 5.69 Å². The number of Topliss-reactive ketones (excluding diaryl/α,β-unsaturated/α-hetero) is 1. The van der Waals surface area contributed by atoms with E-state index in [9.17, 15) is 9.59 Å². The standard InChI is InChI=1S/C27H34N6O.C11H15NO2.B/c1-4-23-31-25-26(24-21(30-27(25)28)11-10-17-29-24)33(23)18-9-7-8-12-22(34)19-13-15-20(16-14-19)32(5-2)6-3;1-3-12(4-2)10-7-5-9(6-8-10)11(13)14;/h10-11,13-17H,4-9,12,18H2,1-3H3,(H2,28,30);5-8H,3-4H2,1-2H3,(H,13,14);. The van der Waals surface area contributed by atoms with E-state index in [4.69, 9.17) is 15.8 Å². The fourth-order valence-corrected chi connectivity index (χ4v) is 6.01. The van der Waals surface area contributed by atoms with Crippen molar-refractivity contribution in [1.82, 2.24) is 19.5 Å². The quantitative estimate of drug-likeness (QED) is 0.0676.